The van der Waals surface area contributed by atoms with E-state index in [4.69, 9.17) is 5.11 Å². The van der Waals surface area contributed by atoms with Crippen molar-refractivity contribution in [1.29, 1.82) is 0 Å². The number of carboxylic acids is 1. The average Bonchev–Trinajstić information content (AvgIpc) is 2.74. The molecule has 0 aromatic carbocycles. The standard InChI is InChI=1S/C13H22N2O4/c1-13(19)5-3-6-14(9-13)12(18)15-7-2-4-10(15)8-11(16)17/h10,19H,2-9H2,1H3,(H,16,17). The number of carboxylic acid groups (broad SMARTS) is 1. The van der Waals surface area contributed by atoms with E-state index in [1.165, 1.54) is 0 Å². The zero-order valence-electron chi connectivity index (χ0n) is 11.3. The van der Waals surface area contributed by atoms with Gasteiger partial charge in [0.05, 0.1) is 18.6 Å². The maximum absolute atomic E-state index is 12.4. The highest BCUT2D eigenvalue weighted by Crippen LogP contribution is 2.25. The monoisotopic (exact) mass is 270 g/mol. The summed E-state index contributed by atoms with van der Waals surface area (Å²) in [7, 11) is 0. The van der Waals surface area contributed by atoms with Crippen molar-refractivity contribution in [1.82, 2.24) is 9.80 Å². The molecule has 19 heavy (non-hydrogen) atoms. The summed E-state index contributed by atoms with van der Waals surface area (Å²) in [6.07, 6.45) is 3.11. The number of piperidine rings is 1. The van der Waals surface area contributed by atoms with Crippen molar-refractivity contribution in [2.45, 2.75) is 50.7 Å². The van der Waals surface area contributed by atoms with Crippen LogP contribution in [0.5, 0.6) is 0 Å². The van der Waals surface area contributed by atoms with Gasteiger partial charge in [-0.2, -0.15) is 0 Å². The molecule has 2 atom stereocenters. The van der Waals surface area contributed by atoms with Gasteiger partial charge in [0.15, 0.2) is 0 Å². The summed E-state index contributed by atoms with van der Waals surface area (Å²) in [6, 6.07) is -0.319. The number of nitrogens with zero attached hydrogens (tertiary/aromatic N) is 2. The molecule has 0 aromatic rings. The van der Waals surface area contributed by atoms with E-state index < -0.39 is 11.6 Å². The Kier molecular flexibility index (Phi) is 3.99. The number of likely N-dealkylation sites (tertiary alicyclic amines) is 2. The third-order valence-corrected chi connectivity index (χ3v) is 3.98. The van der Waals surface area contributed by atoms with Crippen LogP contribution in [0.25, 0.3) is 0 Å². The SMILES string of the molecule is CC1(O)CCCN(C(=O)N2CCCC2CC(=O)O)C1. The van der Waals surface area contributed by atoms with Crippen molar-refractivity contribution in [3.8, 4) is 0 Å². The number of amides is 2. The Morgan fingerprint density at radius 3 is 2.68 bits per heavy atom. The molecule has 0 aromatic heterocycles. The van der Waals surface area contributed by atoms with Crippen LogP contribution in [-0.2, 0) is 4.79 Å². The molecule has 2 aliphatic rings. The first-order valence-corrected chi connectivity index (χ1v) is 6.89. The van der Waals surface area contributed by atoms with Gasteiger partial charge in [-0.25, -0.2) is 4.79 Å². The van der Waals surface area contributed by atoms with Crippen LogP contribution >= 0.6 is 0 Å². The second-order valence-corrected chi connectivity index (χ2v) is 5.89. The van der Waals surface area contributed by atoms with Gasteiger partial charge >= 0.3 is 12.0 Å². The molecule has 0 bridgehead atoms. The number of carbonyl (C=O) groups excluding carboxylic acids is 1. The lowest BCUT2D eigenvalue weighted by atomic mass is 9.95. The van der Waals surface area contributed by atoms with Gasteiger partial charge in [-0.15, -0.1) is 0 Å². The Labute approximate surface area is 113 Å². The molecule has 2 unspecified atom stereocenters. The van der Waals surface area contributed by atoms with Gasteiger partial charge in [-0.1, -0.05) is 0 Å². The molecular weight excluding hydrogens is 248 g/mol. The van der Waals surface area contributed by atoms with Crippen molar-refractivity contribution < 1.29 is 19.8 Å². The fourth-order valence-electron chi connectivity index (χ4n) is 3.07. The highest BCUT2D eigenvalue weighted by molar-refractivity contribution is 5.76. The van der Waals surface area contributed by atoms with E-state index >= 15 is 0 Å². The van der Waals surface area contributed by atoms with Crippen LogP contribution in [0.3, 0.4) is 0 Å². The molecular formula is C13H22N2O4. The Bertz CT molecular complexity index is 370. The fourth-order valence-corrected chi connectivity index (χ4v) is 3.07. The smallest absolute Gasteiger partial charge is 0.320 e. The van der Waals surface area contributed by atoms with Crippen molar-refractivity contribution in [3.63, 3.8) is 0 Å². The van der Waals surface area contributed by atoms with E-state index in [1.807, 2.05) is 0 Å². The quantitative estimate of drug-likeness (QED) is 0.781. The predicted molar refractivity (Wildman–Crippen MR) is 68.8 cm³/mol. The zero-order chi connectivity index (χ0) is 14.0. The Morgan fingerprint density at radius 2 is 2.05 bits per heavy atom. The first kappa shape index (κ1) is 14.1. The molecule has 2 amide bonds. The molecule has 6 heteroatoms. The number of urea groups is 1. The van der Waals surface area contributed by atoms with Crippen LogP contribution in [0.2, 0.25) is 0 Å². The Hall–Kier alpha value is -1.30. The molecule has 0 saturated carbocycles. The summed E-state index contributed by atoms with van der Waals surface area (Å²) in [6.45, 7) is 3.34. The number of rotatable bonds is 2. The largest absolute Gasteiger partial charge is 0.481 e. The summed E-state index contributed by atoms with van der Waals surface area (Å²) in [5.41, 5.74) is -0.823. The average molecular weight is 270 g/mol. The molecule has 0 aliphatic carbocycles. The second kappa shape index (κ2) is 5.36. The lowest BCUT2D eigenvalue weighted by Crippen LogP contribution is -2.54. The number of aliphatic hydroxyl groups is 1. The van der Waals surface area contributed by atoms with E-state index in [1.54, 1.807) is 16.7 Å². The summed E-state index contributed by atoms with van der Waals surface area (Å²) >= 11 is 0. The maximum atomic E-state index is 12.4. The zero-order valence-corrected chi connectivity index (χ0v) is 11.3. The molecule has 108 valence electrons. The highest BCUT2D eigenvalue weighted by Gasteiger charge is 2.37. The number of hydrogen-bond donors (Lipinski definition) is 2. The van der Waals surface area contributed by atoms with Gasteiger partial charge in [0, 0.05) is 19.1 Å². The minimum atomic E-state index is -0.865. The molecule has 6 nitrogen and oxygen atoms in total. The van der Waals surface area contributed by atoms with Gasteiger partial charge in [-0.3, -0.25) is 4.79 Å². The van der Waals surface area contributed by atoms with Crippen LogP contribution in [0.1, 0.15) is 39.0 Å². The lowest BCUT2D eigenvalue weighted by molar-refractivity contribution is -0.138. The first-order valence-electron chi connectivity index (χ1n) is 6.89. The first-order chi connectivity index (χ1) is 8.89. The second-order valence-electron chi connectivity index (χ2n) is 5.89. The molecule has 2 N–H and O–H groups in total. The van der Waals surface area contributed by atoms with Crippen LogP contribution < -0.4 is 0 Å². The molecule has 2 saturated heterocycles. The third-order valence-electron chi connectivity index (χ3n) is 3.98. The van der Waals surface area contributed by atoms with E-state index in [2.05, 4.69) is 0 Å². The topological polar surface area (TPSA) is 81.1 Å². The van der Waals surface area contributed by atoms with Crippen molar-refractivity contribution in [2.24, 2.45) is 0 Å². The Balaban J connectivity index is 2.00. The van der Waals surface area contributed by atoms with Gasteiger partial charge < -0.3 is 20.0 Å². The van der Waals surface area contributed by atoms with E-state index in [0.717, 1.165) is 19.3 Å². The molecule has 2 heterocycles. The van der Waals surface area contributed by atoms with E-state index in [-0.39, 0.29) is 18.5 Å². The summed E-state index contributed by atoms with van der Waals surface area (Å²) < 4.78 is 0. The summed E-state index contributed by atoms with van der Waals surface area (Å²) in [5.74, 6) is -0.865. The normalized spacial score (nSPS) is 31.6. The fraction of sp³-hybridized carbons (Fsp3) is 0.846. The van der Waals surface area contributed by atoms with Crippen molar-refractivity contribution in [2.75, 3.05) is 19.6 Å². The van der Waals surface area contributed by atoms with Gasteiger partial charge in [0.2, 0.25) is 0 Å². The number of carbonyl (C=O) groups is 2. The van der Waals surface area contributed by atoms with E-state index in [9.17, 15) is 14.7 Å². The van der Waals surface area contributed by atoms with Crippen LogP contribution in [0, 0.1) is 0 Å². The molecule has 2 fully saturated rings. The lowest BCUT2D eigenvalue weighted by Gasteiger charge is -2.39. The molecule has 2 aliphatic heterocycles. The van der Waals surface area contributed by atoms with Crippen LogP contribution in [0.15, 0.2) is 0 Å². The molecule has 2 rings (SSSR count). The predicted octanol–water partition coefficient (Wildman–Crippen LogP) is 0.892. The number of β-amino-alcohol motifs (C(OH)–C–C–N with tert-alkyl or cyclic N) is 1. The Morgan fingerprint density at radius 1 is 1.32 bits per heavy atom. The van der Waals surface area contributed by atoms with Crippen molar-refractivity contribution in [3.05, 3.63) is 0 Å². The van der Waals surface area contributed by atoms with Gasteiger partial charge in [-0.05, 0) is 32.6 Å². The summed E-state index contributed by atoms with van der Waals surface area (Å²) in [4.78, 5) is 26.6. The number of hydrogen-bond acceptors (Lipinski definition) is 3. The third kappa shape index (κ3) is 3.37. The molecule has 0 spiro atoms. The van der Waals surface area contributed by atoms with Crippen LogP contribution in [0.4, 0.5) is 4.79 Å². The van der Waals surface area contributed by atoms with Gasteiger partial charge in [0.25, 0.3) is 0 Å². The van der Waals surface area contributed by atoms with E-state index in [0.29, 0.717) is 26.1 Å². The van der Waals surface area contributed by atoms with Crippen LogP contribution in [-0.4, -0.2) is 63.3 Å². The number of aliphatic carboxylic acids is 1. The van der Waals surface area contributed by atoms with Gasteiger partial charge in [0.1, 0.15) is 0 Å². The highest BCUT2D eigenvalue weighted by atomic mass is 16.4. The minimum absolute atomic E-state index is 0.00989. The van der Waals surface area contributed by atoms with Crippen molar-refractivity contribution >= 4 is 12.0 Å². The maximum Gasteiger partial charge on any atom is 0.320 e. The minimum Gasteiger partial charge on any atom is -0.481 e. The summed E-state index contributed by atoms with van der Waals surface area (Å²) in [5, 5.41) is 18.9. The molecule has 0 radical (unpaired) electrons.